The number of halogens is 7. The second-order valence-electron chi connectivity index (χ2n) is 9.89. The van der Waals surface area contributed by atoms with Crippen LogP contribution in [0, 0.1) is 5.92 Å². The Hall–Kier alpha value is -3.45. The molecule has 0 aliphatic carbocycles. The van der Waals surface area contributed by atoms with Gasteiger partial charge in [0.25, 0.3) is 5.91 Å². The van der Waals surface area contributed by atoms with Crippen molar-refractivity contribution in [2.75, 3.05) is 13.7 Å². The molecule has 0 aromatic heterocycles. The predicted molar refractivity (Wildman–Crippen MR) is 149 cm³/mol. The Balaban J connectivity index is 2.24. The average molecular weight is 654 g/mol. The first kappa shape index (κ1) is 35.7. The van der Waals surface area contributed by atoms with E-state index in [-0.39, 0.29) is 24.3 Å². The number of rotatable bonds is 14. The summed E-state index contributed by atoms with van der Waals surface area (Å²) in [5, 5.41) is 6.26. The molecule has 2 atom stereocenters. The van der Waals surface area contributed by atoms with Crippen molar-refractivity contribution < 1.29 is 45.9 Å². The minimum atomic E-state index is -4.99. The van der Waals surface area contributed by atoms with Crippen LogP contribution in [0.25, 0.3) is 0 Å². The van der Waals surface area contributed by atoms with E-state index >= 15 is 0 Å². The van der Waals surface area contributed by atoms with Gasteiger partial charge in [-0.05, 0) is 47.7 Å². The molecule has 8 nitrogen and oxygen atoms in total. The molecule has 0 radical (unpaired) electrons. The molecule has 236 valence electrons. The van der Waals surface area contributed by atoms with Gasteiger partial charge in [-0.25, -0.2) is 0 Å². The molecule has 0 aliphatic heterocycles. The van der Waals surface area contributed by atoms with Crippen LogP contribution in [0.1, 0.15) is 31.4 Å². The fourth-order valence-corrected chi connectivity index (χ4v) is 4.13. The maximum Gasteiger partial charge on any atom is 0.405 e. The van der Waals surface area contributed by atoms with Gasteiger partial charge in [-0.2, -0.15) is 22.0 Å². The summed E-state index contributed by atoms with van der Waals surface area (Å²) in [5.41, 5.74) is 1.22. The molecule has 2 rings (SSSR count). The van der Waals surface area contributed by atoms with Crippen LogP contribution in [0.3, 0.4) is 0 Å². The first-order chi connectivity index (χ1) is 19.9. The number of nitrogens with one attached hydrogen (secondary N) is 3. The number of methoxy groups -OCH3 is 1. The van der Waals surface area contributed by atoms with Gasteiger partial charge in [-0.15, -0.1) is 0 Å². The summed E-state index contributed by atoms with van der Waals surface area (Å²) in [7, 11) is 1.45. The molecule has 0 aliphatic rings. The minimum absolute atomic E-state index is 0.103. The second kappa shape index (κ2) is 15.3. The number of aryl methyl sites for hydroxylation is 1. The van der Waals surface area contributed by atoms with E-state index in [2.05, 4.69) is 10.6 Å². The van der Waals surface area contributed by atoms with Gasteiger partial charge in [-0.3, -0.25) is 19.2 Å². The third-order valence-corrected chi connectivity index (χ3v) is 6.91. The molecule has 3 amide bonds. The largest absolute Gasteiger partial charge is 0.497 e. The monoisotopic (exact) mass is 653 g/mol. The summed E-state index contributed by atoms with van der Waals surface area (Å²) in [6.07, 6.45) is -5.01. The lowest BCUT2D eigenvalue weighted by Crippen LogP contribution is -2.59. The van der Waals surface area contributed by atoms with Gasteiger partial charge in [0.05, 0.1) is 23.2 Å². The van der Waals surface area contributed by atoms with Crippen LogP contribution in [0.2, 0.25) is 10.0 Å². The number of amides is 3. The molecule has 0 bridgehead atoms. The van der Waals surface area contributed by atoms with Gasteiger partial charge in [0.1, 0.15) is 18.3 Å². The molecule has 0 spiro atoms. The first-order valence-corrected chi connectivity index (χ1v) is 13.6. The highest BCUT2D eigenvalue weighted by Crippen LogP contribution is 2.24. The number of ether oxygens (including phenoxy) is 1. The number of Topliss-reactive ketones (excluding diaryl/α,β-unsaturated/α-hetero) is 1. The van der Waals surface area contributed by atoms with E-state index in [0.29, 0.717) is 21.9 Å². The Bertz CT molecular complexity index is 1310. The summed E-state index contributed by atoms with van der Waals surface area (Å²) in [4.78, 5) is 50.6. The zero-order chi connectivity index (χ0) is 32.5. The van der Waals surface area contributed by atoms with Crippen molar-refractivity contribution in [2.45, 2.75) is 57.3 Å². The molecule has 0 saturated heterocycles. The van der Waals surface area contributed by atoms with Crippen LogP contribution in [-0.4, -0.2) is 61.3 Å². The average Bonchev–Trinajstić information content (AvgIpc) is 2.94. The van der Waals surface area contributed by atoms with E-state index in [0.717, 1.165) is 5.32 Å². The molecule has 0 heterocycles. The highest BCUT2D eigenvalue weighted by atomic mass is 35.5. The zero-order valence-electron chi connectivity index (χ0n) is 23.3. The number of carbonyl (C=O) groups is 4. The number of carbonyl (C=O) groups excluding carboxylic acids is 4. The molecular formula is C28H30Cl2F5N3O5. The van der Waals surface area contributed by atoms with Gasteiger partial charge in [0.2, 0.25) is 17.6 Å². The molecule has 15 heteroatoms. The minimum Gasteiger partial charge on any atom is -0.497 e. The van der Waals surface area contributed by atoms with E-state index in [1.165, 1.54) is 21.0 Å². The lowest BCUT2D eigenvalue weighted by atomic mass is 9.94. The van der Waals surface area contributed by atoms with E-state index in [9.17, 15) is 41.1 Å². The second-order valence-corrected chi connectivity index (χ2v) is 10.7. The topological polar surface area (TPSA) is 114 Å². The lowest BCUT2D eigenvalue weighted by Gasteiger charge is -2.27. The molecule has 43 heavy (non-hydrogen) atoms. The Morgan fingerprint density at radius 3 is 2.02 bits per heavy atom. The normalized spacial score (nSPS) is 13.2. The van der Waals surface area contributed by atoms with Crippen molar-refractivity contribution in [2.24, 2.45) is 5.92 Å². The van der Waals surface area contributed by atoms with Crippen molar-refractivity contribution in [3.05, 3.63) is 63.6 Å². The summed E-state index contributed by atoms with van der Waals surface area (Å²) >= 11 is 11.9. The number of ketones is 1. The third-order valence-electron chi connectivity index (χ3n) is 6.17. The number of alkyl halides is 5. The van der Waals surface area contributed by atoms with Crippen molar-refractivity contribution >= 4 is 46.7 Å². The Morgan fingerprint density at radius 2 is 1.49 bits per heavy atom. The predicted octanol–water partition coefficient (Wildman–Crippen LogP) is 4.69. The van der Waals surface area contributed by atoms with Crippen LogP contribution >= 0.6 is 23.2 Å². The van der Waals surface area contributed by atoms with Crippen LogP contribution in [0.15, 0.2) is 42.5 Å². The van der Waals surface area contributed by atoms with Crippen LogP contribution in [0.5, 0.6) is 5.75 Å². The summed E-state index contributed by atoms with van der Waals surface area (Å²) in [5.74, 6) is -11.6. The molecule has 2 aromatic rings. The lowest BCUT2D eigenvalue weighted by molar-refractivity contribution is -0.165. The Labute approximate surface area is 254 Å². The van der Waals surface area contributed by atoms with E-state index in [4.69, 9.17) is 27.9 Å². The standard InChI is InChI=1S/C28H30Cl2F5N3O5/c1-15(2)23(24(40)28(34,35)26(42)36-14-27(31,32)33)38-25(41)21(13-17-4-8-18(43-3)9-5-17)37-22(39)11-7-16-6-10-19(29)20(30)12-16/h4-6,8-10,12,15,21,23H,7,11,13-14H2,1-3H3,(H,36,42)(H,37,39)(H,38,41)/t21?,23-/m0/s1. The highest BCUT2D eigenvalue weighted by Gasteiger charge is 2.52. The van der Waals surface area contributed by atoms with Gasteiger partial charge < -0.3 is 20.7 Å². The van der Waals surface area contributed by atoms with Gasteiger partial charge in [-0.1, -0.05) is 55.2 Å². The van der Waals surface area contributed by atoms with Gasteiger partial charge in [0, 0.05) is 12.8 Å². The summed E-state index contributed by atoms with van der Waals surface area (Å²) in [6.45, 7) is 0.507. The quantitative estimate of drug-likeness (QED) is 0.202. The third kappa shape index (κ3) is 11.0. The molecule has 3 N–H and O–H groups in total. The zero-order valence-corrected chi connectivity index (χ0v) is 24.8. The fourth-order valence-electron chi connectivity index (χ4n) is 3.81. The van der Waals surface area contributed by atoms with Crippen molar-refractivity contribution in [3.63, 3.8) is 0 Å². The van der Waals surface area contributed by atoms with Gasteiger partial charge in [0.15, 0.2) is 0 Å². The summed E-state index contributed by atoms with van der Waals surface area (Å²) < 4.78 is 71.5. The number of hydrogen-bond donors (Lipinski definition) is 3. The van der Waals surface area contributed by atoms with Crippen LogP contribution < -0.4 is 20.7 Å². The number of benzene rings is 2. The van der Waals surface area contributed by atoms with Crippen molar-refractivity contribution in [3.8, 4) is 5.75 Å². The van der Waals surface area contributed by atoms with Crippen LogP contribution in [0.4, 0.5) is 22.0 Å². The molecular weight excluding hydrogens is 624 g/mol. The van der Waals surface area contributed by atoms with Crippen molar-refractivity contribution in [1.82, 2.24) is 16.0 Å². The van der Waals surface area contributed by atoms with Crippen molar-refractivity contribution in [1.29, 1.82) is 0 Å². The highest BCUT2D eigenvalue weighted by molar-refractivity contribution is 6.42. The van der Waals surface area contributed by atoms with E-state index < -0.39 is 60.1 Å². The van der Waals surface area contributed by atoms with Crippen LogP contribution in [-0.2, 0) is 32.0 Å². The smallest absolute Gasteiger partial charge is 0.405 e. The SMILES string of the molecule is COc1ccc(CC(NC(=O)CCc2ccc(Cl)c(Cl)c2)C(=O)N[C@H](C(=O)C(F)(F)C(=O)NCC(F)(F)F)C(C)C)cc1. The van der Waals surface area contributed by atoms with E-state index in [1.54, 1.807) is 42.5 Å². The molecule has 0 fully saturated rings. The first-order valence-electron chi connectivity index (χ1n) is 12.9. The Kier molecular flexibility index (Phi) is 12.7. The fraction of sp³-hybridized carbons (Fsp3) is 0.429. The molecule has 0 saturated carbocycles. The molecule has 1 unspecified atom stereocenters. The Morgan fingerprint density at radius 1 is 0.884 bits per heavy atom. The maximum absolute atomic E-state index is 14.6. The van der Waals surface area contributed by atoms with Gasteiger partial charge >= 0.3 is 12.1 Å². The molecule has 2 aromatic carbocycles. The van der Waals surface area contributed by atoms with E-state index in [1.807, 2.05) is 0 Å². The maximum atomic E-state index is 14.6. The number of hydrogen-bond acceptors (Lipinski definition) is 5. The summed E-state index contributed by atoms with van der Waals surface area (Å²) in [6, 6.07) is 7.83.